The van der Waals surface area contributed by atoms with Crippen LogP contribution < -0.4 is 11.1 Å². The van der Waals surface area contributed by atoms with Gasteiger partial charge in [0.2, 0.25) is 0 Å². The molecule has 5 nitrogen and oxygen atoms in total. The van der Waals surface area contributed by atoms with Crippen molar-refractivity contribution in [1.29, 1.82) is 0 Å². The highest BCUT2D eigenvalue weighted by Crippen LogP contribution is 2.21. The van der Waals surface area contributed by atoms with Gasteiger partial charge in [-0.1, -0.05) is 6.92 Å². The fraction of sp³-hybridized carbons (Fsp3) is 0.500. The Kier molecular flexibility index (Phi) is 4.20. The summed E-state index contributed by atoms with van der Waals surface area (Å²) in [6.07, 6.45) is 4.23. The Morgan fingerprint density at radius 3 is 2.90 bits per heavy atom. The molecule has 1 aromatic heterocycles. The number of nitrogens with zero attached hydrogens (tertiary/aromatic N) is 3. The minimum Gasteiger partial charge on any atom is -0.399 e. The van der Waals surface area contributed by atoms with E-state index < -0.39 is 0 Å². The van der Waals surface area contributed by atoms with E-state index in [9.17, 15) is 0 Å². The fourth-order valence-corrected chi connectivity index (χ4v) is 2.83. The molecule has 0 amide bonds. The zero-order valence-corrected chi connectivity index (χ0v) is 12.5. The number of likely N-dealkylation sites (tertiary alicyclic amines) is 1. The maximum Gasteiger partial charge on any atom is 0.137 e. The predicted molar refractivity (Wildman–Crippen MR) is 87.3 cm³/mol. The molecule has 0 unspecified atom stereocenters. The third kappa shape index (κ3) is 3.42. The normalized spacial score (nSPS) is 17.2. The molecule has 0 saturated carbocycles. The highest BCUT2D eigenvalue weighted by atomic mass is 15.1. The molecule has 2 heterocycles. The van der Waals surface area contributed by atoms with E-state index in [0.29, 0.717) is 0 Å². The summed E-state index contributed by atoms with van der Waals surface area (Å²) in [5, 5.41) is 4.42. The third-order valence-corrected chi connectivity index (χ3v) is 4.26. The van der Waals surface area contributed by atoms with Crippen molar-refractivity contribution in [2.45, 2.75) is 19.8 Å². The number of nitrogen functional groups attached to an aromatic ring is 1. The number of piperidine rings is 1. The number of anilines is 2. The second-order valence-corrected chi connectivity index (χ2v) is 5.95. The van der Waals surface area contributed by atoms with E-state index in [-0.39, 0.29) is 0 Å². The first kappa shape index (κ1) is 14.1. The summed E-state index contributed by atoms with van der Waals surface area (Å²) in [7, 11) is 0. The van der Waals surface area contributed by atoms with Crippen LogP contribution in [0.25, 0.3) is 10.9 Å². The molecule has 1 aromatic carbocycles. The molecule has 1 aliphatic rings. The van der Waals surface area contributed by atoms with E-state index in [2.05, 4.69) is 27.1 Å². The molecule has 0 aliphatic carbocycles. The van der Waals surface area contributed by atoms with Gasteiger partial charge in [-0.2, -0.15) is 0 Å². The van der Waals surface area contributed by atoms with Crippen molar-refractivity contribution in [1.82, 2.24) is 14.9 Å². The van der Waals surface area contributed by atoms with Crippen LogP contribution in [-0.4, -0.2) is 41.0 Å². The average molecular weight is 285 g/mol. The Labute approximate surface area is 125 Å². The van der Waals surface area contributed by atoms with Crippen LogP contribution in [0.2, 0.25) is 0 Å². The molecule has 0 spiro atoms. The molecule has 0 atom stereocenters. The number of benzene rings is 1. The highest BCUT2D eigenvalue weighted by Gasteiger charge is 2.15. The summed E-state index contributed by atoms with van der Waals surface area (Å²) in [5.74, 6) is 1.75. The van der Waals surface area contributed by atoms with Crippen molar-refractivity contribution < 1.29 is 0 Å². The van der Waals surface area contributed by atoms with Crippen LogP contribution in [-0.2, 0) is 0 Å². The lowest BCUT2D eigenvalue weighted by Gasteiger charge is -2.30. The van der Waals surface area contributed by atoms with Crippen LogP contribution in [0.15, 0.2) is 24.5 Å². The molecule has 3 N–H and O–H groups in total. The van der Waals surface area contributed by atoms with Crippen molar-refractivity contribution in [3.05, 3.63) is 24.5 Å². The number of rotatable bonds is 4. The van der Waals surface area contributed by atoms with Crippen LogP contribution >= 0.6 is 0 Å². The van der Waals surface area contributed by atoms with Gasteiger partial charge in [-0.15, -0.1) is 0 Å². The monoisotopic (exact) mass is 285 g/mol. The van der Waals surface area contributed by atoms with Gasteiger partial charge >= 0.3 is 0 Å². The molecular formula is C16H23N5. The minimum atomic E-state index is 0.741. The van der Waals surface area contributed by atoms with Gasteiger partial charge in [-0.3, -0.25) is 0 Å². The Morgan fingerprint density at radius 1 is 1.29 bits per heavy atom. The summed E-state index contributed by atoms with van der Waals surface area (Å²) >= 11 is 0. The lowest BCUT2D eigenvalue weighted by atomic mass is 9.99. The van der Waals surface area contributed by atoms with Crippen molar-refractivity contribution >= 4 is 22.4 Å². The Bertz CT molecular complexity index is 605. The average Bonchev–Trinajstić information content (AvgIpc) is 2.50. The predicted octanol–water partition coefficient (Wildman–Crippen LogP) is 2.36. The van der Waals surface area contributed by atoms with Crippen molar-refractivity contribution in [3.63, 3.8) is 0 Å². The molecule has 21 heavy (non-hydrogen) atoms. The van der Waals surface area contributed by atoms with Crippen LogP contribution in [0.1, 0.15) is 19.8 Å². The number of nitrogens with one attached hydrogen (secondary N) is 1. The number of hydrogen-bond donors (Lipinski definition) is 2. The zero-order chi connectivity index (χ0) is 14.7. The van der Waals surface area contributed by atoms with Crippen molar-refractivity contribution in [2.75, 3.05) is 37.2 Å². The second-order valence-electron chi connectivity index (χ2n) is 5.95. The highest BCUT2D eigenvalue weighted by molar-refractivity contribution is 5.91. The van der Waals surface area contributed by atoms with E-state index in [1.165, 1.54) is 25.9 Å². The molecule has 112 valence electrons. The first-order chi connectivity index (χ1) is 10.2. The molecule has 1 aliphatic heterocycles. The lowest BCUT2D eigenvalue weighted by molar-refractivity contribution is 0.199. The molecule has 0 radical (unpaired) electrons. The van der Waals surface area contributed by atoms with Gasteiger partial charge in [0.25, 0.3) is 0 Å². The molecule has 2 aromatic rings. The van der Waals surface area contributed by atoms with E-state index >= 15 is 0 Å². The zero-order valence-electron chi connectivity index (χ0n) is 12.5. The van der Waals surface area contributed by atoms with Crippen molar-refractivity contribution in [2.24, 2.45) is 5.92 Å². The van der Waals surface area contributed by atoms with Gasteiger partial charge in [0.15, 0.2) is 0 Å². The maximum absolute atomic E-state index is 5.86. The standard InChI is InChI=1S/C16H23N5/c1-12-4-7-21(8-5-12)9-6-18-16-14-10-13(17)2-3-15(14)19-11-20-16/h2-3,10-12H,4-9,17H2,1H3,(H,18,19,20). The largest absolute Gasteiger partial charge is 0.399 e. The molecule has 5 heteroatoms. The van der Waals surface area contributed by atoms with Gasteiger partial charge in [-0.25, -0.2) is 9.97 Å². The molecular weight excluding hydrogens is 262 g/mol. The van der Waals surface area contributed by atoms with Crippen LogP contribution in [0.5, 0.6) is 0 Å². The van der Waals surface area contributed by atoms with Crippen LogP contribution in [0.3, 0.4) is 0 Å². The maximum atomic E-state index is 5.86. The summed E-state index contributed by atoms with van der Waals surface area (Å²) in [6.45, 7) is 6.71. The quantitative estimate of drug-likeness (QED) is 0.844. The number of fused-ring (bicyclic) bond motifs is 1. The summed E-state index contributed by atoms with van der Waals surface area (Å²) in [5.41, 5.74) is 7.53. The molecule has 3 rings (SSSR count). The van der Waals surface area contributed by atoms with Gasteiger partial charge < -0.3 is 16.0 Å². The number of nitrogens with two attached hydrogens (primary N) is 1. The van der Waals surface area contributed by atoms with Gasteiger partial charge in [0.1, 0.15) is 12.1 Å². The minimum absolute atomic E-state index is 0.741. The Hall–Kier alpha value is -1.88. The molecule has 1 fully saturated rings. The first-order valence-corrected chi connectivity index (χ1v) is 7.69. The van der Waals surface area contributed by atoms with Gasteiger partial charge in [0.05, 0.1) is 5.52 Å². The van der Waals surface area contributed by atoms with E-state index in [0.717, 1.165) is 41.4 Å². The summed E-state index contributed by atoms with van der Waals surface area (Å²) in [6, 6.07) is 5.73. The summed E-state index contributed by atoms with van der Waals surface area (Å²) < 4.78 is 0. The third-order valence-electron chi connectivity index (χ3n) is 4.26. The fourth-order valence-electron chi connectivity index (χ4n) is 2.83. The van der Waals surface area contributed by atoms with E-state index in [4.69, 9.17) is 5.73 Å². The smallest absolute Gasteiger partial charge is 0.137 e. The van der Waals surface area contributed by atoms with Gasteiger partial charge in [-0.05, 0) is 50.0 Å². The number of aromatic nitrogens is 2. The topological polar surface area (TPSA) is 67.1 Å². The van der Waals surface area contributed by atoms with E-state index in [1.807, 2.05) is 18.2 Å². The van der Waals surface area contributed by atoms with Gasteiger partial charge in [0, 0.05) is 24.2 Å². The SMILES string of the molecule is CC1CCN(CCNc2ncnc3ccc(N)cc23)CC1. The lowest BCUT2D eigenvalue weighted by Crippen LogP contribution is -2.36. The van der Waals surface area contributed by atoms with Crippen LogP contribution in [0, 0.1) is 5.92 Å². The molecule has 0 bridgehead atoms. The first-order valence-electron chi connectivity index (χ1n) is 7.69. The van der Waals surface area contributed by atoms with Crippen molar-refractivity contribution in [3.8, 4) is 0 Å². The number of hydrogen-bond acceptors (Lipinski definition) is 5. The Morgan fingerprint density at radius 2 is 2.10 bits per heavy atom. The van der Waals surface area contributed by atoms with Crippen LogP contribution in [0.4, 0.5) is 11.5 Å². The van der Waals surface area contributed by atoms with E-state index in [1.54, 1.807) is 6.33 Å². The Balaban J connectivity index is 1.61. The second kappa shape index (κ2) is 6.26. The summed E-state index contributed by atoms with van der Waals surface area (Å²) in [4.78, 5) is 11.1. The molecule has 1 saturated heterocycles.